The summed E-state index contributed by atoms with van der Waals surface area (Å²) in [6, 6.07) is 4.04. The number of fused-ring (bicyclic) bond motifs is 3. The number of alkyl halides is 4. The predicted molar refractivity (Wildman–Crippen MR) is 86.6 cm³/mol. The predicted octanol–water partition coefficient (Wildman–Crippen LogP) is 4.15. The number of nitrogens with one attached hydrogen (secondary N) is 1. The summed E-state index contributed by atoms with van der Waals surface area (Å²) in [4.78, 5) is 14.8. The Morgan fingerprint density at radius 1 is 1.44 bits per heavy atom. The van der Waals surface area contributed by atoms with Gasteiger partial charge >= 0.3 is 12.1 Å². The van der Waals surface area contributed by atoms with Crippen LogP contribution in [0.5, 0.6) is 0 Å². The van der Waals surface area contributed by atoms with Crippen LogP contribution in [0.1, 0.15) is 30.2 Å². The number of para-hydroxylation sites is 1. The van der Waals surface area contributed by atoms with Gasteiger partial charge in [0.25, 0.3) is 0 Å². The number of aromatic amines is 1. The minimum atomic E-state index is -4.49. The van der Waals surface area contributed by atoms with Gasteiger partial charge in [-0.05, 0) is 25.0 Å². The van der Waals surface area contributed by atoms with Crippen molar-refractivity contribution in [2.75, 3.05) is 19.1 Å². The van der Waals surface area contributed by atoms with E-state index in [9.17, 15) is 18.0 Å². The first-order chi connectivity index (χ1) is 11.8. The second-order valence-electron chi connectivity index (χ2n) is 5.91. The average molecular weight is 376 g/mol. The molecule has 0 saturated heterocycles. The van der Waals surface area contributed by atoms with Crippen LogP contribution >= 0.6 is 11.6 Å². The lowest BCUT2D eigenvalue weighted by Gasteiger charge is -2.35. The summed E-state index contributed by atoms with van der Waals surface area (Å²) in [5.74, 6) is -0.585. The number of hydrogen-bond donors (Lipinski definition) is 1. The number of carbonyl (C=O) groups is 1. The maximum absolute atomic E-state index is 13.3. The van der Waals surface area contributed by atoms with Crippen molar-refractivity contribution in [1.82, 2.24) is 4.98 Å². The minimum Gasteiger partial charge on any atom is -0.466 e. The van der Waals surface area contributed by atoms with E-state index in [0.717, 1.165) is 6.07 Å². The second-order valence-corrected chi connectivity index (χ2v) is 6.18. The third-order valence-electron chi connectivity index (χ3n) is 4.38. The smallest absolute Gasteiger partial charge is 0.418 e. The number of rotatable bonds is 4. The van der Waals surface area contributed by atoms with Gasteiger partial charge < -0.3 is 14.5 Å². The molecule has 0 bridgehead atoms. The van der Waals surface area contributed by atoms with Crippen molar-refractivity contribution in [1.29, 1.82) is 0 Å². The van der Waals surface area contributed by atoms with Crippen LogP contribution < -0.4 is 0 Å². The highest BCUT2D eigenvalue weighted by Gasteiger charge is 2.43. The van der Waals surface area contributed by atoms with Crippen LogP contribution in [-0.2, 0) is 32.5 Å². The molecule has 25 heavy (non-hydrogen) atoms. The fraction of sp³-hybridized carbons (Fsp3) is 0.471. The van der Waals surface area contributed by atoms with Crippen LogP contribution in [0.4, 0.5) is 13.2 Å². The molecule has 0 fully saturated rings. The highest BCUT2D eigenvalue weighted by Crippen LogP contribution is 2.43. The summed E-state index contributed by atoms with van der Waals surface area (Å²) < 4.78 is 50.7. The van der Waals surface area contributed by atoms with Gasteiger partial charge in [-0.15, -0.1) is 11.6 Å². The first-order valence-corrected chi connectivity index (χ1v) is 8.42. The van der Waals surface area contributed by atoms with Gasteiger partial charge in [0.2, 0.25) is 0 Å². The van der Waals surface area contributed by atoms with Crippen LogP contribution in [-0.4, -0.2) is 30.0 Å². The monoisotopic (exact) mass is 375 g/mol. The molecule has 0 spiro atoms. The van der Waals surface area contributed by atoms with Crippen molar-refractivity contribution >= 4 is 28.5 Å². The number of H-pyrrole nitrogens is 1. The van der Waals surface area contributed by atoms with Gasteiger partial charge in [0, 0.05) is 5.39 Å². The number of esters is 1. The Hall–Kier alpha value is -1.73. The van der Waals surface area contributed by atoms with Crippen LogP contribution in [0.25, 0.3) is 10.9 Å². The third kappa shape index (κ3) is 3.11. The minimum absolute atomic E-state index is 0.0103. The lowest BCUT2D eigenvalue weighted by Crippen LogP contribution is -2.40. The molecule has 0 saturated carbocycles. The fourth-order valence-electron chi connectivity index (χ4n) is 3.32. The van der Waals surface area contributed by atoms with Crippen molar-refractivity contribution in [3.8, 4) is 0 Å². The largest absolute Gasteiger partial charge is 0.466 e. The Morgan fingerprint density at radius 3 is 2.84 bits per heavy atom. The number of benzene rings is 1. The summed E-state index contributed by atoms with van der Waals surface area (Å²) in [6.07, 6.45) is -4.21. The van der Waals surface area contributed by atoms with E-state index in [0.29, 0.717) is 23.1 Å². The zero-order valence-electron chi connectivity index (χ0n) is 13.5. The highest BCUT2D eigenvalue weighted by molar-refractivity contribution is 6.18. The molecule has 0 aliphatic carbocycles. The van der Waals surface area contributed by atoms with E-state index in [1.54, 1.807) is 13.0 Å². The van der Waals surface area contributed by atoms with Crippen molar-refractivity contribution < 1.29 is 27.4 Å². The molecule has 1 aromatic carbocycles. The topological polar surface area (TPSA) is 51.3 Å². The maximum Gasteiger partial charge on any atom is 0.418 e. The van der Waals surface area contributed by atoms with Crippen LogP contribution in [0.15, 0.2) is 18.2 Å². The lowest BCUT2D eigenvalue weighted by molar-refractivity contribution is -0.152. The highest BCUT2D eigenvalue weighted by atomic mass is 35.5. The van der Waals surface area contributed by atoms with Gasteiger partial charge in [0.15, 0.2) is 0 Å². The molecule has 1 aliphatic rings. The maximum atomic E-state index is 13.3. The van der Waals surface area contributed by atoms with Gasteiger partial charge in [-0.3, -0.25) is 4.79 Å². The van der Waals surface area contributed by atoms with Gasteiger partial charge in [0.1, 0.15) is 5.60 Å². The van der Waals surface area contributed by atoms with Crippen molar-refractivity contribution in [3.63, 3.8) is 0 Å². The van der Waals surface area contributed by atoms with Crippen LogP contribution in [0, 0.1) is 0 Å². The van der Waals surface area contributed by atoms with Gasteiger partial charge in [-0.1, -0.05) is 12.1 Å². The third-order valence-corrected chi connectivity index (χ3v) is 4.82. The Balaban J connectivity index is 2.17. The first kappa shape index (κ1) is 18.1. The standard InChI is InChI=1S/C17H17ClF3NO3/c1-2-24-13(23)8-16(9-18)15-11(6-7-25-16)10-4-3-5-12(14(10)22-15)17(19,20)21/h3-5,22H,2,6-9H2,1H3. The average Bonchev–Trinajstić information content (AvgIpc) is 2.94. The van der Waals surface area contributed by atoms with Gasteiger partial charge in [0.05, 0.1) is 42.3 Å². The molecule has 0 amide bonds. The molecular weight excluding hydrogens is 359 g/mol. The summed E-state index contributed by atoms with van der Waals surface area (Å²) >= 11 is 6.09. The molecule has 1 aromatic heterocycles. The van der Waals surface area contributed by atoms with Crippen LogP contribution in [0.3, 0.4) is 0 Å². The Morgan fingerprint density at radius 2 is 2.20 bits per heavy atom. The molecule has 1 aliphatic heterocycles. The van der Waals surface area contributed by atoms with E-state index in [1.165, 1.54) is 6.07 Å². The number of carbonyl (C=O) groups excluding carboxylic acids is 1. The molecule has 3 rings (SSSR count). The normalized spacial score (nSPS) is 20.5. The molecule has 4 nitrogen and oxygen atoms in total. The summed E-state index contributed by atoms with van der Waals surface area (Å²) in [7, 11) is 0. The van der Waals surface area contributed by atoms with E-state index < -0.39 is 23.3 Å². The number of ether oxygens (including phenoxy) is 2. The van der Waals surface area contributed by atoms with Gasteiger partial charge in [-0.2, -0.15) is 13.2 Å². The van der Waals surface area contributed by atoms with Crippen LogP contribution in [0.2, 0.25) is 0 Å². The van der Waals surface area contributed by atoms with E-state index >= 15 is 0 Å². The molecule has 1 unspecified atom stereocenters. The number of halogens is 4. The quantitative estimate of drug-likeness (QED) is 0.645. The molecule has 1 atom stereocenters. The molecule has 1 N–H and O–H groups in total. The first-order valence-electron chi connectivity index (χ1n) is 7.89. The van der Waals surface area contributed by atoms with E-state index in [-0.39, 0.29) is 31.0 Å². The number of hydrogen-bond acceptors (Lipinski definition) is 3. The second kappa shape index (κ2) is 6.53. The van der Waals surface area contributed by atoms with Crippen molar-refractivity contribution in [2.24, 2.45) is 0 Å². The Kier molecular flexibility index (Phi) is 4.72. The van der Waals surface area contributed by atoms with E-state index in [1.807, 2.05) is 0 Å². The molecular formula is C17H17ClF3NO3. The zero-order valence-corrected chi connectivity index (χ0v) is 14.3. The van der Waals surface area contributed by atoms with Crippen molar-refractivity contribution in [3.05, 3.63) is 35.0 Å². The van der Waals surface area contributed by atoms with Gasteiger partial charge in [-0.25, -0.2) is 0 Å². The summed E-state index contributed by atoms with van der Waals surface area (Å²) in [6.45, 7) is 2.15. The zero-order chi connectivity index (χ0) is 18.2. The SMILES string of the molecule is CCOC(=O)CC1(CCl)OCCc2c1[nH]c1c(C(F)(F)F)cccc21. The van der Waals surface area contributed by atoms with Crippen molar-refractivity contribution in [2.45, 2.75) is 31.5 Å². The summed E-state index contributed by atoms with van der Waals surface area (Å²) in [5.41, 5.74) is -0.850. The molecule has 136 valence electrons. The number of aromatic nitrogens is 1. The Labute approximate surface area is 147 Å². The Bertz CT molecular complexity index is 802. The molecule has 0 radical (unpaired) electrons. The molecule has 2 heterocycles. The van der Waals surface area contributed by atoms with E-state index in [2.05, 4.69) is 4.98 Å². The van der Waals surface area contributed by atoms with E-state index in [4.69, 9.17) is 21.1 Å². The molecule has 8 heteroatoms. The fourth-order valence-corrected chi connectivity index (χ4v) is 3.62. The lowest BCUT2D eigenvalue weighted by atomic mass is 9.90. The molecule has 2 aromatic rings. The summed E-state index contributed by atoms with van der Waals surface area (Å²) in [5, 5.41) is 0.478.